The van der Waals surface area contributed by atoms with Crippen LogP contribution in [-0.4, -0.2) is 191 Å². The minimum absolute atomic E-state index is 0.0338. The highest BCUT2D eigenvalue weighted by molar-refractivity contribution is 6.30. The third-order valence-corrected chi connectivity index (χ3v) is 16.7. The number of fused-ring (bicyclic) bond motifs is 10. The SMILES string of the molecule is CC[C@H](NC(C)=O)C(=O)N[C@@H](Cc1ccc(Cl)cc1)C(=O)N[C@@H](Cc1cccnc1)C(=O)N[C@H]1CC(=O)NCC(C(N)=O)NC(=O)[C@@H]2CCCN2C(=O)C2CCNC(=O)[C@@H](Cc3ccccc3)NC(=O)CC[C@H](NC1=O)C(=O)N[C@@H](CCCNC(N)=O)C(=O)N[C@H](CC(C)C)C(=O)N2. The van der Waals surface area contributed by atoms with Crippen LogP contribution in [0.25, 0.3) is 0 Å². The van der Waals surface area contributed by atoms with Crippen molar-refractivity contribution in [3.05, 3.63) is 101 Å². The van der Waals surface area contributed by atoms with Gasteiger partial charge in [-0.1, -0.05) is 80.9 Å². The fraction of sp³-hybridized carbons (Fsp3) is 0.508. The van der Waals surface area contributed by atoms with Crippen LogP contribution in [-0.2, 0) is 86.4 Å². The first kappa shape index (κ1) is 76.7. The monoisotopic (exact) mass is 1380 g/mol. The smallest absolute Gasteiger partial charge is 0.312 e. The van der Waals surface area contributed by atoms with Crippen LogP contribution in [0.4, 0.5) is 4.79 Å². The number of nitrogens with zero attached hydrogens (tertiary/aromatic N) is 2. The minimum atomic E-state index is -2.07. The number of carbonyl (C=O) groups excluding carboxylic acids is 15. The van der Waals surface area contributed by atoms with Crippen LogP contribution in [0.2, 0.25) is 5.02 Å². The molecule has 6 rings (SSSR count). The van der Waals surface area contributed by atoms with E-state index in [4.69, 9.17) is 23.1 Å². The van der Waals surface area contributed by atoms with E-state index in [1.165, 1.54) is 30.3 Å². The maximum atomic E-state index is 15.2. The quantitative estimate of drug-likeness (QED) is 0.0370. The van der Waals surface area contributed by atoms with Gasteiger partial charge in [0.15, 0.2) is 0 Å². The molecule has 3 aliphatic rings. The first-order valence-corrected chi connectivity index (χ1v) is 32.9. The molecule has 4 heterocycles. The number of primary amides is 2. The molecule has 2 unspecified atom stereocenters. The lowest BCUT2D eigenvalue weighted by Gasteiger charge is -2.31. The highest BCUT2D eigenvalue weighted by Crippen LogP contribution is 2.21. The fourth-order valence-electron chi connectivity index (χ4n) is 11.3. The number of hydrogen-bond donors (Lipinski definition) is 15. The van der Waals surface area contributed by atoms with E-state index in [2.05, 4.69) is 74.1 Å². The molecule has 98 heavy (non-hydrogen) atoms. The molecule has 530 valence electrons. The number of carbonyl (C=O) groups is 15. The maximum absolute atomic E-state index is 15.2. The van der Waals surface area contributed by atoms with Crippen molar-refractivity contribution >= 4 is 100 Å². The number of nitrogens with two attached hydrogens (primary N) is 2. The second-order valence-corrected chi connectivity index (χ2v) is 25.1. The highest BCUT2D eigenvalue weighted by atomic mass is 35.5. The number of hydrogen-bond acceptors (Lipinski definition) is 16. The van der Waals surface area contributed by atoms with Gasteiger partial charge in [0.1, 0.15) is 66.5 Å². The van der Waals surface area contributed by atoms with Gasteiger partial charge in [-0.05, 0) is 92.2 Å². The van der Waals surface area contributed by atoms with Crippen LogP contribution in [0.1, 0.15) is 109 Å². The van der Waals surface area contributed by atoms with E-state index in [1.807, 2.05) is 0 Å². The van der Waals surface area contributed by atoms with E-state index < -0.39 is 181 Å². The molecule has 0 spiro atoms. The average Bonchev–Trinajstić information content (AvgIpc) is 1.30. The van der Waals surface area contributed by atoms with E-state index in [0.717, 1.165) is 0 Å². The van der Waals surface area contributed by atoms with Crippen LogP contribution in [0.5, 0.6) is 0 Å². The van der Waals surface area contributed by atoms with Gasteiger partial charge >= 0.3 is 6.03 Å². The second-order valence-electron chi connectivity index (χ2n) is 24.6. The Bertz CT molecular complexity index is 3370. The van der Waals surface area contributed by atoms with E-state index >= 15 is 14.4 Å². The van der Waals surface area contributed by atoms with Crippen LogP contribution in [0.3, 0.4) is 0 Å². The predicted octanol–water partition coefficient (Wildman–Crippen LogP) is -3.17. The van der Waals surface area contributed by atoms with Gasteiger partial charge < -0.3 is 85.5 Å². The molecule has 1 aromatic heterocycles. The minimum Gasteiger partial charge on any atom is -0.368 e. The first-order valence-electron chi connectivity index (χ1n) is 32.5. The number of aromatic nitrogens is 1. The van der Waals surface area contributed by atoms with Crippen LogP contribution < -0.4 is 80.6 Å². The maximum Gasteiger partial charge on any atom is 0.312 e. The van der Waals surface area contributed by atoms with Crippen molar-refractivity contribution in [2.24, 2.45) is 17.4 Å². The Morgan fingerprint density at radius 1 is 0.643 bits per heavy atom. The van der Waals surface area contributed by atoms with Crippen molar-refractivity contribution < 1.29 is 71.9 Å². The molecule has 32 nitrogen and oxygen atoms in total. The molecule has 16 amide bonds. The molecule has 2 bridgehead atoms. The zero-order valence-electron chi connectivity index (χ0n) is 55.0. The molecule has 3 saturated heterocycles. The van der Waals surface area contributed by atoms with E-state index in [-0.39, 0.29) is 89.8 Å². The second kappa shape index (κ2) is 37.9. The Kier molecular flexibility index (Phi) is 29.7. The number of nitrogens with one attached hydrogen (secondary N) is 13. The molecule has 3 aliphatic heterocycles. The van der Waals surface area contributed by atoms with Crippen molar-refractivity contribution in [3.8, 4) is 0 Å². The fourth-order valence-corrected chi connectivity index (χ4v) is 11.4. The van der Waals surface area contributed by atoms with Gasteiger partial charge in [0, 0.05) is 76.2 Å². The predicted molar refractivity (Wildman–Crippen MR) is 353 cm³/mol. The zero-order chi connectivity index (χ0) is 71.6. The van der Waals surface area contributed by atoms with Crippen LogP contribution in [0, 0.1) is 5.92 Å². The Balaban J connectivity index is 1.48. The molecule has 17 N–H and O–H groups in total. The van der Waals surface area contributed by atoms with Gasteiger partial charge in [0.05, 0.1) is 6.42 Å². The number of benzene rings is 2. The lowest BCUT2D eigenvalue weighted by molar-refractivity contribution is -0.142. The molecule has 2 aromatic carbocycles. The summed E-state index contributed by atoms with van der Waals surface area (Å²) in [5.41, 5.74) is 12.6. The van der Waals surface area contributed by atoms with Gasteiger partial charge in [-0.25, -0.2) is 4.79 Å². The van der Waals surface area contributed by atoms with Crippen LogP contribution in [0.15, 0.2) is 79.1 Å². The molecule has 0 saturated carbocycles. The normalized spacial score (nSPS) is 22.8. The first-order chi connectivity index (χ1) is 46.7. The number of halogens is 1. The van der Waals surface area contributed by atoms with Crippen molar-refractivity contribution in [2.75, 3.05) is 26.2 Å². The molecule has 33 heteroatoms. The average molecular weight is 1380 g/mol. The van der Waals surface area contributed by atoms with Crippen molar-refractivity contribution in [3.63, 3.8) is 0 Å². The number of pyridine rings is 1. The summed E-state index contributed by atoms with van der Waals surface area (Å²) in [7, 11) is 0. The largest absolute Gasteiger partial charge is 0.368 e. The summed E-state index contributed by atoms with van der Waals surface area (Å²) >= 11 is 6.18. The third-order valence-electron chi connectivity index (χ3n) is 16.4. The van der Waals surface area contributed by atoms with Gasteiger partial charge in [0.25, 0.3) is 0 Å². The summed E-state index contributed by atoms with van der Waals surface area (Å²) in [6, 6.07) is -0.0160. The Morgan fingerprint density at radius 2 is 1.30 bits per heavy atom. The van der Waals surface area contributed by atoms with Gasteiger partial charge in [0.2, 0.25) is 82.7 Å². The molecule has 3 aromatic rings. The summed E-state index contributed by atoms with van der Waals surface area (Å²) in [6.45, 7) is 5.12. The lowest BCUT2D eigenvalue weighted by atomic mass is 10.0. The molecule has 11 atom stereocenters. The van der Waals surface area contributed by atoms with Crippen molar-refractivity contribution in [1.82, 2.24) is 79.0 Å². The number of amides is 16. The number of urea groups is 1. The Labute approximate surface area is 571 Å². The summed E-state index contributed by atoms with van der Waals surface area (Å²) < 4.78 is 0. The van der Waals surface area contributed by atoms with Crippen LogP contribution >= 0.6 is 11.6 Å². The van der Waals surface area contributed by atoms with E-state index in [0.29, 0.717) is 21.7 Å². The standard InChI is InChI=1S/C65H88ClN17O15/c1-5-41(73-36(4)84)56(89)79-47(30-38-17-19-40(66)20-18-38)60(93)80-48(31-39-14-9-24-69-33-39)61(94)81-49-32-53(86)72-34-50(54(67)87)82-63(96)51-16-11-27-83(51)64(97)44-23-26-70-55(88)46(29-37-12-7-6-8-13-37)74-52(85)22-21-43(76-62(49)95)58(91)75-42(15-10-25-71-65(68)98)57(90)78-45(28-35(2)3)59(92)77-44/h6-9,12-14,17-20,24,33,35,41-51H,5,10-11,15-16,21-23,25-32,34H2,1-4H3,(H2,67,87)(H,70,88)(H,72,86)(H,73,84)(H,74,85)(H,75,91)(H,76,95)(H,77,92)(H,78,90)(H,79,89)(H,80,93)(H,81,94)(H,82,96)(H3,68,71,98)/t41-,42-,43-,44?,45+,46+,47-,48-,49-,50?,51-/m0/s1. The van der Waals surface area contributed by atoms with Gasteiger partial charge in [-0.15, -0.1) is 0 Å². The summed E-state index contributed by atoms with van der Waals surface area (Å²) in [5, 5.41) is 33.9. The van der Waals surface area contributed by atoms with Crippen molar-refractivity contribution in [2.45, 2.75) is 178 Å². The highest BCUT2D eigenvalue weighted by Gasteiger charge is 2.41. The molecule has 0 aliphatic carbocycles. The Morgan fingerprint density at radius 3 is 1.95 bits per heavy atom. The van der Waals surface area contributed by atoms with Gasteiger partial charge in [-0.2, -0.15) is 0 Å². The molecular weight excluding hydrogens is 1290 g/mol. The lowest BCUT2D eigenvalue weighted by Crippen LogP contribution is -2.61. The summed E-state index contributed by atoms with van der Waals surface area (Å²) in [4.78, 5) is 218. The summed E-state index contributed by atoms with van der Waals surface area (Å²) in [6.07, 6.45) is -0.362. The van der Waals surface area contributed by atoms with Crippen molar-refractivity contribution in [1.29, 1.82) is 0 Å². The molecule has 3 fully saturated rings. The van der Waals surface area contributed by atoms with Gasteiger partial charge in [-0.3, -0.25) is 72.1 Å². The molecule has 0 radical (unpaired) electrons. The summed E-state index contributed by atoms with van der Waals surface area (Å²) in [5.74, 6) is -13.5. The third kappa shape index (κ3) is 24.4. The zero-order valence-corrected chi connectivity index (χ0v) is 55.8. The number of rotatable bonds is 21. The topological polar surface area (TPSA) is 481 Å². The Hall–Kier alpha value is -10.3. The molecular formula is C65H88ClN17O15. The van der Waals surface area contributed by atoms with E-state index in [9.17, 15) is 57.5 Å². The van der Waals surface area contributed by atoms with E-state index in [1.54, 1.807) is 81.4 Å².